The monoisotopic (exact) mass is 536 g/mol. The van der Waals surface area contributed by atoms with Gasteiger partial charge in [-0.1, -0.05) is 66.2 Å². The summed E-state index contributed by atoms with van der Waals surface area (Å²) >= 11 is 6.13. The number of nitrogens with one attached hydrogen (secondary N) is 1. The van der Waals surface area contributed by atoms with Crippen molar-refractivity contribution in [1.82, 2.24) is 4.98 Å². The van der Waals surface area contributed by atoms with Gasteiger partial charge in [0.15, 0.2) is 6.61 Å². The zero-order valence-electron chi connectivity index (χ0n) is 21.2. The minimum atomic E-state index is -0.615. The Hall–Kier alpha value is -4.68. The van der Waals surface area contributed by atoms with Crippen molar-refractivity contribution in [1.29, 1.82) is 0 Å². The van der Waals surface area contributed by atoms with E-state index >= 15 is 0 Å². The van der Waals surface area contributed by atoms with Crippen molar-refractivity contribution in [3.05, 3.63) is 125 Å². The van der Waals surface area contributed by atoms with E-state index in [4.69, 9.17) is 26.1 Å². The second-order valence-electron chi connectivity index (χ2n) is 8.91. The Balaban J connectivity index is 1.32. The zero-order valence-corrected chi connectivity index (χ0v) is 21.9. The Morgan fingerprint density at radius 3 is 2.41 bits per heavy atom. The molecule has 5 rings (SSSR count). The summed E-state index contributed by atoms with van der Waals surface area (Å²) in [5.74, 6) is -0.349. The van der Waals surface area contributed by atoms with Gasteiger partial charge in [-0.2, -0.15) is 0 Å². The molecule has 0 spiro atoms. The molecule has 0 aliphatic rings. The predicted octanol–water partition coefficient (Wildman–Crippen LogP) is 7.24. The van der Waals surface area contributed by atoms with E-state index < -0.39 is 18.5 Å². The number of nitrogens with zero attached hydrogens (tertiary/aromatic N) is 1. The molecule has 7 heteroatoms. The van der Waals surface area contributed by atoms with Gasteiger partial charge in [-0.15, -0.1) is 0 Å². The zero-order chi connectivity index (χ0) is 27.2. The van der Waals surface area contributed by atoms with Crippen molar-refractivity contribution in [3.63, 3.8) is 0 Å². The Bertz CT molecular complexity index is 1640. The Morgan fingerprint density at radius 1 is 0.872 bits per heavy atom. The molecule has 4 aromatic carbocycles. The van der Waals surface area contributed by atoms with Gasteiger partial charge in [-0.05, 0) is 66.6 Å². The van der Waals surface area contributed by atoms with Gasteiger partial charge in [0, 0.05) is 21.7 Å². The van der Waals surface area contributed by atoms with E-state index in [1.807, 2.05) is 72.8 Å². The maximum absolute atomic E-state index is 13.1. The molecule has 0 fully saturated rings. The largest absolute Gasteiger partial charge is 0.489 e. The van der Waals surface area contributed by atoms with Gasteiger partial charge in [0.05, 0.1) is 16.8 Å². The number of rotatable bonds is 8. The summed E-state index contributed by atoms with van der Waals surface area (Å²) in [6, 6.07) is 31.7. The summed E-state index contributed by atoms with van der Waals surface area (Å²) in [6.07, 6.45) is 0. The molecule has 0 atom stereocenters. The number of esters is 1. The molecule has 1 heterocycles. The molecular weight excluding hydrogens is 512 g/mol. The van der Waals surface area contributed by atoms with E-state index in [2.05, 4.69) is 5.32 Å². The second kappa shape index (κ2) is 11.8. The predicted molar refractivity (Wildman–Crippen MR) is 153 cm³/mol. The summed E-state index contributed by atoms with van der Waals surface area (Å²) in [6.45, 7) is 1.83. The number of amides is 1. The quantitative estimate of drug-likeness (QED) is 0.211. The molecule has 0 saturated carbocycles. The highest BCUT2D eigenvalue weighted by Gasteiger charge is 2.17. The SMILES string of the molecule is Cc1c(Cl)cccc1NC(=O)COC(=O)c1cc(-c2ccc(OCc3ccccc3)cc2)nc2ccccc12. The Morgan fingerprint density at radius 2 is 1.62 bits per heavy atom. The number of fused-ring (bicyclic) bond motifs is 1. The van der Waals surface area contributed by atoms with Crippen LogP contribution in [0.1, 0.15) is 21.5 Å². The van der Waals surface area contributed by atoms with Crippen LogP contribution >= 0.6 is 11.6 Å². The Labute approximate surface area is 231 Å². The van der Waals surface area contributed by atoms with Crippen molar-refractivity contribution >= 4 is 40.1 Å². The van der Waals surface area contributed by atoms with Crippen LogP contribution in [0.3, 0.4) is 0 Å². The molecule has 6 nitrogen and oxygen atoms in total. The molecule has 5 aromatic rings. The lowest BCUT2D eigenvalue weighted by atomic mass is 10.0. The molecule has 0 aliphatic carbocycles. The molecule has 194 valence electrons. The van der Waals surface area contributed by atoms with Gasteiger partial charge in [-0.3, -0.25) is 4.79 Å². The number of carbonyl (C=O) groups is 2. The van der Waals surface area contributed by atoms with E-state index in [1.165, 1.54) is 0 Å². The molecular formula is C32H25ClN2O4. The van der Waals surface area contributed by atoms with E-state index in [0.717, 1.165) is 22.4 Å². The van der Waals surface area contributed by atoms with Crippen molar-refractivity contribution in [2.45, 2.75) is 13.5 Å². The third-order valence-corrected chi connectivity index (χ3v) is 6.62. The molecule has 0 bridgehead atoms. The summed E-state index contributed by atoms with van der Waals surface area (Å²) in [7, 11) is 0. The lowest BCUT2D eigenvalue weighted by Crippen LogP contribution is -2.21. The highest BCUT2D eigenvalue weighted by molar-refractivity contribution is 6.31. The number of para-hydroxylation sites is 1. The first kappa shape index (κ1) is 25.9. The van der Waals surface area contributed by atoms with Crippen LogP contribution < -0.4 is 10.1 Å². The maximum atomic E-state index is 13.1. The van der Waals surface area contributed by atoms with Gasteiger partial charge in [-0.25, -0.2) is 9.78 Å². The topological polar surface area (TPSA) is 77.5 Å². The molecule has 0 saturated heterocycles. The van der Waals surface area contributed by atoms with Crippen LogP contribution in [-0.2, 0) is 16.1 Å². The normalized spacial score (nSPS) is 10.7. The highest BCUT2D eigenvalue weighted by Crippen LogP contribution is 2.27. The standard InChI is InChI=1S/C32H25ClN2O4/c1-21-27(33)11-7-13-28(21)35-31(36)20-39-32(37)26-18-30(34-29-12-6-5-10-25(26)29)23-14-16-24(17-15-23)38-19-22-8-3-2-4-9-22/h2-18H,19-20H2,1H3,(H,35,36). The van der Waals surface area contributed by atoms with Gasteiger partial charge in [0.25, 0.3) is 5.91 Å². The van der Waals surface area contributed by atoms with Crippen LogP contribution in [0.2, 0.25) is 5.02 Å². The van der Waals surface area contributed by atoms with Gasteiger partial charge in [0.2, 0.25) is 0 Å². The lowest BCUT2D eigenvalue weighted by molar-refractivity contribution is -0.119. The number of anilines is 1. The van der Waals surface area contributed by atoms with E-state index in [1.54, 1.807) is 37.3 Å². The fourth-order valence-electron chi connectivity index (χ4n) is 4.09. The summed E-state index contributed by atoms with van der Waals surface area (Å²) in [5, 5.41) is 3.91. The van der Waals surface area contributed by atoms with Crippen molar-refractivity contribution in [2.24, 2.45) is 0 Å². The van der Waals surface area contributed by atoms with Crippen molar-refractivity contribution in [2.75, 3.05) is 11.9 Å². The van der Waals surface area contributed by atoms with Gasteiger partial charge in [0.1, 0.15) is 12.4 Å². The fourth-order valence-corrected chi connectivity index (χ4v) is 4.27. The van der Waals surface area contributed by atoms with Crippen LogP contribution in [-0.4, -0.2) is 23.5 Å². The van der Waals surface area contributed by atoms with Crippen molar-refractivity contribution in [3.8, 4) is 17.0 Å². The van der Waals surface area contributed by atoms with Crippen LogP contribution in [0.15, 0.2) is 103 Å². The first-order valence-corrected chi connectivity index (χ1v) is 12.7. The molecule has 0 aliphatic heterocycles. The van der Waals surface area contributed by atoms with E-state index in [9.17, 15) is 9.59 Å². The number of ether oxygens (including phenoxy) is 2. The van der Waals surface area contributed by atoms with Crippen LogP contribution in [0.25, 0.3) is 22.2 Å². The van der Waals surface area contributed by atoms with Crippen LogP contribution in [0.4, 0.5) is 5.69 Å². The minimum absolute atomic E-state index is 0.326. The number of hydrogen-bond donors (Lipinski definition) is 1. The lowest BCUT2D eigenvalue weighted by Gasteiger charge is -2.12. The smallest absolute Gasteiger partial charge is 0.339 e. The number of halogens is 1. The fraction of sp³-hybridized carbons (Fsp3) is 0.0938. The molecule has 1 N–H and O–H groups in total. The Kier molecular flexibility index (Phi) is 7.85. The average Bonchev–Trinajstić information content (AvgIpc) is 2.97. The summed E-state index contributed by atoms with van der Waals surface area (Å²) in [4.78, 5) is 30.3. The number of hydrogen-bond acceptors (Lipinski definition) is 5. The molecule has 1 aromatic heterocycles. The average molecular weight is 537 g/mol. The number of benzene rings is 4. The first-order valence-electron chi connectivity index (χ1n) is 12.4. The number of pyridine rings is 1. The third kappa shape index (κ3) is 6.25. The molecule has 0 radical (unpaired) electrons. The van der Waals surface area contributed by atoms with E-state index in [-0.39, 0.29) is 0 Å². The van der Waals surface area contributed by atoms with E-state index in [0.29, 0.717) is 39.5 Å². The number of aromatic nitrogens is 1. The minimum Gasteiger partial charge on any atom is -0.489 e. The third-order valence-electron chi connectivity index (χ3n) is 6.21. The number of carbonyl (C=O) groups excluding carboxylic acids is 2. The summed E-state index contributed by atoms with van der Waals surface area (Å²) < 4.78 is 11.3. The molecule has 39 heavy (non-hydrogen) atoms. The van der Waals surface area contributed by atoms with Gasteiger partial charge < -0.3 is 14.8 Å². The van der Waals surface area contributed by atoms with Gasteiger partial charge >= 0.3 is 5.97 Å². The van der Waals surface area contributed by atoms with Crippen LogP contribution in [0, 0.1) is 6.92 Å². The summed E-state index contributed by atoms with van der Waals surface area (Å²) in [5.41, 5.74) is 4.77. The maximum Gasteiger partial charge on any atom is 0.339 e. The highest BCUT2D eigenvalue weighted by atomic mass is 35.5. The first-order chi connectivity index (χ1) is 19.0. The second-order valence-corrected chi connectivity index (χ2v) is 9.31. The van der Waals surface area contributed by atoms with Crippen LogP contribution in [0.5, 0.6) is 5.75 Å². The molecule has 0 unspecified atom stereocenters. The van der Waals surface area contributed by atoms with Crippen molar-refractivity contribution < 1.29 is 19.1 Å². The molecule has 1 amide bonds.